The molecular formula is C10H11ClO4. The van der Waals surface area contributed by atoms with E-state index in [0.29, 0.717) is 10.8 Å². The summed E-state index contributed by atoms with van der Waals surface area (Å²) in [6, 6.07) is 4.97. The Morgan fingerprint density at radius 3 is 2.80 bits per heavy atom. The van der Waals surface area contributed by atoms with Crippen LogP contribution in [0.15, 0.2) is 18.2 Å². The van der Waals surface area contributed by atoms with E-state index in [1.165, 1.54) is 0 Å². The molecule has 0 bridgehead atoms. The minimum Gasteiger partial charge on any atom is -0.490 e. The number of carboxylic acids is 1. The first-order valence-corrected chi connectivity index (χ1v) is 4.68. The van der Waals surface area contributed by atoms with Crippen LogP contribution in [0.4, 0.5) is 0 Å². The van der Waals surface area contributed by atoms with Gasteiger partial charge in [0, 0.05) is 5.02 Å². The van der Waals surface area contributed by atoms with Crippen LogP contribution in [-0.2, 0) is 4.79 Å². The van der Waals surface area contributed by atoms with Gasteiger partial charge in [-0.3, -0.25) is 0 Å². The lowest BCUT2D eigenvalue weighted by Gasteiger charge is -2.10. The molecule has 1 aromatic carbocycles. The van der Waals surface area contributed by atoms with Crippen LogP contribution < -0.4 is 4.74 Å². The van der Waals surface area contributed by atoms with E-state index in [1.54, 1.807) is 25.1 Å². The van der Waals surface area contributed by atoms with Crippen LogP contribution in [0.5, 0.6) is 5.75 Å². The fourth-order valence-electron chi connectivity index (χ4n) is 1.01. The quantitative estimate of drug-likeness (QED) is 0.822. The highest BCUT2D eigenvalue weighted by Crippen LogP contribution is 2.21. The Hall–Kier alpha value is -1.26. The molecule has 0 aromatic heterocycles. The number of carboxylic acid groups (broad SMARTS) is 1. The maximum absolute atomic E-state index is 10.3. The molecule has 1 atom stereocenters. The Morgan fingerprint density at radius 2 is 2.27 bits per heavy atom. The summed E-state index contributed by atoms with van der Waals surface area (Å²) in [6.45, 7) is 1.51. The fraction of sp³-hybridized carbons (Fsp3) is 0.300. The van der Waals surface area contributed by atoms with Crippen LogP contribution in [0.25, 0.3) is 0 Å². The number of aryl methyl sites for hydroxylation is 1. The third-order valence-electron chi connectivity index (χ3n) is 1.82. The normalized spacial score (nSPS) is 12.2. The zero-order chi connectivity index (χ0) is 11.4. The molecule has 15 heavy (non-hydrogen) atoms. The summed E-state index contributed by atoms with van der Waals surface area (Å²) in [5, 5.41) is 18.0. The van der Waals surface area contributed by atoms with Crippen LogP contribution in [0.2, 0.25) is 5.02 Å². The number of ether oxygens (including phenoxy) is 1. The Balaban J connectivity index is 2.62. The maximum Gasteiger partial charge on any atom is 0.336 e. The number of hydrogen-bond donors (Lipinski definition) is 2. The van der Waals surface area contributed by atoms with Gasteiger partial charge in [0.2, 0.25) is 0 Å². The van der Waals surface area contributed by atoms with Crippen LogP contribution >= 0.6 is 11.6 Å². The predicted molar refractivity (Wildman–Crippen MR) is 55.3 cm³/mol. The SMILES string of the molecule is Cc1cc(Cl)ccc1OCC(O)C(=O)O. The minimum absolute atomic E-state index is 0.280. The molecule has 0 fully saturated rings. The van der Waals surface area contributed by atoms with Gasteiger partial charge >= 0.3 is 5.97 Å². The van der Waals surface area contributed by atoms with E-state index in [-0.39, 0.29) is 6.61 Å². The van der Waals surface area contributed by atoms with Crippen LogP contribution in [0, 0.1) is 6.92 Å². The van der Waals surface area contributed by atoms with Gasteiger partial charge in [0.25, 0.3) is 0 Å². The minimum atomic E-state index is -1.51. The molecule has 1 aromatic rings. The van der Waals surface area contributed by atoms with E-state index in [2.05, 4.69) is 0 Å². The Labute approximate surface area is 92.1 Å². The molecule has 82 valence electrons. The molecule has 0 saturated carbocycles. The standard InChI is InChI=1S/C10H11ClO4/c1-6-4-7(11)2-3-9(6)15-5-8(12)10(13)14/h2-4,8,12H,5H2,1H3,(H,13,14). The average Bonchev–Trinajstić information content (AvgIpc) is 2.15. The summed E-state index contributed by atoms with van der Waals surface area (Å²) in [5.41, 5.74) is 0.792. The summed E-state index contributed by atoms with van der Waals surface area (Å²) in [5.74, 6) is -0.790. The van der Waals surface area contributed by atoms with Gasteiger partial charge in [-0.2, -0.15) is 0 Å². The second-order valence-electron chi connectivity index (χ2n) is 3.07. The highest BCUT2D eigenvalue weighted by atomic mass is 35.5. The third kappa shape index (κ3) is 3.42. The molecule has 4 nitrogen and oxygen atoms in total. The number of rotatable bonds is 4. The first kappa shape index (κ1) is 11.8. The molecule has 0 aliphatic heterocycles. The second kappa shape index (κ2) is 5.00. The van der Waals surface area contributed by atoms with Crippen molar-refractivity contribution in [2.75, 3.05) is 6.61 Å². The van der Waals surface area contributed by atoms with Gasteiger partial charge in [0.05, 0.1) is 0 Å². The largest absolute Gasteiger partial charge is 0.490 e. The monoisotopic (exact) mass is 230 g/mol. The first-order chi connectivity index (χ1) is 7.00. The van der Waals surface area contributed by atoms with Crippen molar-refractivity contribution in [3.05, 3.63) is 28.8 Å². The molecule has 1 rings (SSSR count). The molecule has 0 aliphatic carbocycles. The summed E-state index contributed by atoms with van der Waals surface area (Å²) in [6.07, 6.45) is -1.51. The molecule has 0 radical (unpaired) electrons. The smallest absolute Gasteiger partial charge is 0.336 e. The van der Waals surface area contributed by atoms with Gasteiger partial charge in [-0.05, 0) is 30.7 Å². The molecule has 0 saturated heterocycles. The van der Waals surface area contributed by atoms with E-state index in [0.717, 1.165) is 5.56 Å². The molecule has 0 amide bonds. The number of hydrogen-bond acceptors (Lipinski definition) is 3. The van der Waals surface area contributed by atoms with Crippen molar-refractivity contribution < 1.29 is 19.7 Å². The Morgan fingerprint density at radius 1 is 1.60 bits per heavy atom. The third-order valence-corrected chi connectivity index (χ3v) is 2.05. The second-order valence-corrected chi connectivity index (χ2v) is 3.51. The zero-order valence-electron chi connectivity index (χ0n) is 8.11. The molecule has 1 unspecified atom stereocenters. The van der Waals surface area contributed by atoms with Crippen molar-refractivity contribution in [1.29, 1.82) is 0 Å². The van der Waals surface area contributed by atoms with Crippen molar-refractivity contribution in [3.8, 4) is 5.75 Å². The van der Waals surface area contributed by atoms with Crippen molar-refractivity contribution in [3.63, 3.8) is 0 Å². The predicted octanol–water partition coefficient (Wildman–Crippen LogP) is 1.47. The number of halogens is 1. The number of aliphatic hydroxyl groups is 1. The van der Waals surface area contributed by atoms with E-state index in [4.69, 9.17) is 26.6 Å². The molecule has 0 spiro atoms. The number of benzene rings is 1. The molecule has 5 heteroatoms. The van der Waals surface area contributed by atoms with Gasteiger partial charge in [-0.15, -0.1) is 0 Å². The number of carbonyl (C=O) groups is 1. The lowest BCUT2D eigenvalue weighted by molar-refractivity contribution is -0.148. The first-order valence-electron chi connectivity index (χ1n) is 4.30. The Kier molecular flexibility index (Phi) is 3.94. The van der Waals surface area contributed by atoms with Gasteiger partial charge in [-0.25, -0.2) is 4.79 Å². The van der Waals surface area contributed by atoms with Crippen LogP contribution in [-0.4, -0.2) is 28.9 Å². The Bertz CT molecular complexity index is 364. The summed E-state index contributed by atoms with van der Waals surface area (Å²) >= 11 is 5.73. The lowest BCUT2D eigenvalue weighted by Crippen LogP contribution is -2.27. The zero-order valence-corrected chi connectivity index (χ0v) is 8.86. The molecule has 0 heterocycles. The maximum atomic E-state index is 10.3. The highest BCUT2D eigenvalue weighted by Gasteiger charge is 2.14. The van der Waals surface area contributed by atoms with E-state index in [9.17, 15) is 4.79 Å². The van der Waals surface area contributed by atoms with Crippen molar-refractivity contribution in [2.24, 2.45) is 0 Å². The summed E-state index contributed by atoms with van der Waals surface area (Å²) < 4.78 is 5.13. The molecular weight excluding hydrogens is 220 g/mol. The van der Waals surface area contributed by atoms with Gasteiger partial charge < -0.3 is 14.9 Å². The van der Waals surface area contributed by atoms with Crippen molar-refractivity contribution in [1.82, 2.24) is 0 Å². The lowest BCUT2D eigenvalue weighted by atomic mass is 10.2. The van der Waals surface area contributed by atoms with Crippen LogP contribution in [0.3, 0.4) is 0 Å². The average molecular weight is 231 g/mol. The van der Waals surface area contributed by atoms with E-state index in [1.807, 2.05) is 0 Å². The van der Waals surface area contributed by atoms with Gasteiger partial charge in [-0.1, -0.05) is 11.6 Å². The molecule has 0 aliphatic rings. The van der Waals surface area contributed by atoms with E-state index >= 15 is 0 Å². The number of aliphatic carboxylic acids is 1. The number of aliphatic hydroxyl groups excluding tert-OH is 1. The van der Waals surface area contributed by atoms with Gasteiger partial charge in [0.1, 0.15) is 12.4 Å². The fourth-order valence-corrected chi connectivity index (χ4v) is 1.24. The topological polar surface area (TPSA) is 66.8 Å². The van der Waals surface area contributed by atoms with Crippen LogP contribution in [0.1, 0.15) is 5.56 Å². The van der Waals surface area contributed by atoms with E-state index < -0.39 is 12.1 Å². The summed E-state index contributed by atoms with van der Waals surface area (Å²) in [4.78, 5) is 10.3. The van der Waals surface area contributed by atoms with Crippen molar-refractivity contribution >= 4 is 17.6 Å². The molecule has 2 N–H and O–H groups in total. The van der Waals surface area contributed by atoms with Crippen molar-refractivity contribution in [2.45, 2.75) is 13.0 Å². The van der Waals surface area contributed by atoms with Gasteiger partial charge in [0.15, 0.2) is 6.10 Å². The highest BCUT2D eigenvalue weighted by molar-refractivity contribution is 6.30. The summed E-state index contributed by atoms with van der Waals surface area (Å²) in [7, 11) is 0.